The fraction of sp³-hybridized carbons (Fsp3) is 0.115. The van der Waals surface area contributed by atoms with Gasteiger partial charge in [0.05, 0.1) is 10.6 Å². The maximum Gasteiger partial charge on any atom is 0.294 e. The van der Waals surface area contributed by atoms with E-state index in [0.717, 1.165) is 22.8 Å². The largest absolute Gasteiger partial charge is 0.490 e. The van der Waals surface area contributed by atoms with E-state index in [1.165, 1.54) is 6.08 Å². The molecule has 1 aliphatic rings. The van der Waals surface area contributed by atoms with E-state index >= 15 is 0 Å². The average Bonchev–Trinajstić information content (AvgIpc) is 3.12. The van der Waals surface area contributed by atoms with E-state index < -0.39 is 35.2 Å². The number of carbonyl (C=O) groups excluding carboxylic acids is 3. The number of benzene rings is 3. The number of carbonyl (C=O) groups is 3. The van der Waals surface area contributed by atoms with Gasteiger partial charge < -0.3 is 14.8 Å². The van der Waals surface area contributed by atoms with Gasteiger partial charge in [-0.05, 0) is 59.8 Å². The SMILES string of the molecule is O=C(CN1C(=O)S/C(=C/c2ccc(OCCOc3ccccc3)cc2)C1=O)Nc1ccc(F)cc1F. The molecule has 0 aliphatic carbocycles. The van der Waals surface area contributed by atoms with Crippen molar-refractivity contribution in [3.05, 3.63) is 94.9 Å². The molecule has 1 heterocycles. The lowest BCUT2D eigenvalue weighted by Crippen LogP contribution is -2.36. The number of hydrogen-bond acceptors (Lipinski definition) is 6. The summed E-state index contributed by atoms with van der Waals surface area (Å²) in [6.07, 6.45) is 1.53. The molecule has 10 heteroatoms. The Morgan fingerprint density at radius 3 is 2.25 bits per heavy atom. The summed E-state index contributed by atoms with van der Waals surface area (Å²) in [5, 5.41) is 1.60. The number of nitrogens with one attached hydrogen (secondary N) is 1. The van der Waals surface area contributed by atoms with Gasteiger partial charge in [-0.3, -0.25) is 19.3 Å². The standard InChI is InChI=1S/C26H20F2N2O5S/c27-18-8-11-22(21(28)15-18)29-24(31)16-30-25(32)23(36-26(30)33)14-17-6-9-20(10-7-17)35-13-12-34-19-4-2-1-3-5-19/h1-11,14-15H,12-13,16H2,(H,29,31)/b23-14+. The predicted octanol–water partition coefficient (Wildman–Crippen LogP) is 5.10. The van der Waals surface area contributed by atoms with Crippen LogP contribution in [-0.2, 0) is 9.59 Å². The summed E-state index contributed by atoms with van der Waals surface area (Å²) in [6.45, 7) is 0.119. The number of hydrogen-bond donors (Lipinski definition) is 1. The minimum atomic E-state index is -0.964. The normalized spacial score (nSPS) is 14.3. The van der Waals surface area contributed by atoms with Gasteiger partial charge in [0.1, 0.15) is 42.9 Å². The first-order chi connectivity index (χ1) is 17.4. The molecule has 1 saturated heterocycles. The summed E-state index contributed by atoms with van der Waals surface area (Å²) in [7, 11) is 0. The van der Waals surface area contributed by atoms with E-state index in [1.54, 1.807) is 24.3 Å². The molecule has 1 N–H and O–H groups in total. The van der Waals surface area contributed by atoms with Crippen LogP contribution < -0.4 is 14.8 Å². The van der Waals surface area contributed by atoms with Crippen LogP contribution in [0, 0.1) is 11.6 Å². The average molecular weight is 511 g/mol. The van der Waals surface area contributed by atoms with Gasteiger partial charge >= 0.3 is 0 Å². The van der Waals surface area contributed by atoms with E-state index in [4.69, 9.17) is 9.47 Å². The number of rotatable bonds is 9. The molecule has 3 aromatic rings. The van der Waals surface area contributed by atoms with Crippen molar-refractivity contribution in [2.24, 2.45) is 0 Å². The highest BCUT2D eigenvalue weighted by atomic mass is 32.2. The highest BCUT2D eigenvalue weighted by Crippen LogP contribution is 2.32. The second-order valence-electron chi connectivity index (χ2n) is 7.52. The summed E-state index contributed by atoms with van der Waals surface area (Å²) in [6, 6.07) is 18.9. The summed E-state index contributed by atoms with van der Waals surface area (Å²) in [5.74, 6) is -1.82. The second-order valence-corrected chi connectivity index (χ2v) is 8.51. The van der Waals surface area contributed by atoms with Crippen molar-refractivity contribution in [2.45, 2.75) is 0 Å². The second kappa shape index (κ2) is 11.5. The van der Waals surface area contributed by atoms with Crippen LogP contribution in [0.3, 0.4) is 0 Å². The van der Waals surface area contributed by atoms with Gasteiger partial charge in [0, 0.05) is 6.07 Å². The first-order valence-electron chi connectivity index (χ1n) is 10.8. The molecule has 1 aliphatic heterocycles. The van der Waals surface area contributed by atoms with Crippen molar-refractivity contribution in [2.75, 3.05) is 25.1 Å². The molecular formula is C26H20F2N2O5S. The maximum absolute atomic E-state index is 13.7. The molecular weight excluding hydrogens is 490 g/mol. The Morgan fingerprint density at radius 1 is 0.917 bits per heavy atom. The molecule has 0 bridgehead atoms. The first-order valence-corrected chi connectivity index (χ1v) is 11.6. The van der Waals surface area contributed by atoms with Gasteiger partial charge in [0.15, 0.2) is 0 Å². The van der Waals surface area contributed by atoms with Crippen molar-refractivity contribution in [3.63, 3.8) is 0 Å². The summed E-state index contributed by atoms with van der Waals surface area (Å²) < 4.78 is 38.0. The van der Waals surface area contributed by atoms with E-state index in [0.29, 0.717) is 42.4 Å². The molecule has 0 saturated carbocycles. The van der Waals surface area contributed by atoms with Crippen LogP contribution in [-0.4, -0.2) is 41.7 Å². The molecule has 0 radical (unpaired) electrons. The van der Waals surface area contributed by atoms with Crippen molar-refractivity contribution < 1.29 is 32.6 Å². The molecule has 0 aromatic heterocycles. The van der Waals surface area contributed by atoms with E-state index in [1.807, 2.05) is 30.3 Å². The lowest BCUT2D eigenvalue weighted by molar-refractivity contribution is -0.127. The Hall–Kier alpha value is -4.18. The van der Waals surface area contributed by atoms with Crippen molar-refractivity contribution >= 4 is 40.6 Å². The summed E-state index contributed by atoms with van der Waals surface area (Å²) in [5.41, 5.74) is 0.407. The number of para-hydroxylation sites is 1. The van der Waals surface area contributed by atoms with Gasteiger partial charge in [-0.25, -0.2) is 8.78 Å². The third-order valence-electron chi connectivity index (χ3n) is 4.92. The number of thioether (sulfide) groups is 1. The van der Waals surface area contributed by atoms with Crippen LogP contribution in [0.5, 0.6) is 11.5 Å². The zero-order valence-electron chi connectivity index (χ0n) is 18.8. The van der Waals surface area contributed by atoms with Crippen LogP contribution >= 0.6 is 11.8 Å². The van der Waals surface area contributed by atoms with Crippen LogP contribution in [0.4, 0.5) is 19.3 Å². The van der Waals surface area contributed by atoms with Crippen LogP contribution in [0.25, 0.3) is 6.08 Å². The zero-order valence-corrected chi connectivity index (χ0v) is 19.6. The molecule has 1 fully saturated rings. The van der Waals surface area contributed by atoms with Crippen LogP contribution in [0.1, 0.15) is 5.56 Å². The number of nitrogens with zero attached hydrogens (tertiary/aromatic N) is 1. The highest BCUT2D eigenvalue weighted by molar-refractivity contribution is 8.18. The molecule has 4 rings (SSSR count). The van der Waals surface area contributed by atoms with Gasteiger partial charge in [-0.15, -0.1) is 0 Å². The predicted molar refractivity (Wildman–Crippen MR) is 132 cm³/mol. The topological polar surface area (TPSA) is 84.9 Å². The fourth-order valence-electron chi connectivity index (χ4n) is 3.21. The molecule has 184 valence electrons. The molecule has 0 atom stereocenters. The Bertz CT molecular complexity index is 1300. The Kier molecular flexibility index (Phi) is 7.96. The first kappa shape index (κ1) is 24.9. The van der Waals surface area contributed by atoms with E-state index in [2.05, 4.69) is 5.32 Å². The molecule has 36 heavy (non-hydrogen) atoms. The highest BCUT2D eigenvalue weighted by Gasteiger charge is 2.36. The zero-order chi connectivity index (χ0) is 25.5. The smallest absolute Gasteiger partial charge is 0.294 e. The number of imide groups is 1. The third-order valence-corrected chi connectivity index (χ3v) is 5.83. The number of amides is 3. The van der Waals surface area contributed by atoms with Crippen LogP contribution in [0.15, 0.2) is 77.7 Å². The molecule has 3 amide bonds. The van der Waals surface area contributed by atoms with Gasteiger partial charge in [0.25, 0.3) is 11.1 Å². The Morgan fingerprint density at radius 2 is 1.58 bits per heavy atom. The van der Waals surface area contributed by atoms with Gasteiger partial charge in [0.2, 0.25) is 5.91 Å². The molecule has 7 nitrogen and oxygen atoms in total. The monoisotopic (exact) mass is 510 g/mol. The summed E-state index contributed by atoms with van der Waals surface area (Å²) >= 11 is 0.696. The van der Waals surface area contributed by atoms with Crippen molar-refractivity contribution in [3.8, 4) is 11.5 Å². The maximum atomic E-state index is 13.7. The molecule has 3 aromatic carbocycles. The van der Waals surface area contributed by atoms with Crippen molar-refractivity contribution in [1.29, 1.82) is 0 Å². The molecule has 0 spiro atoms. The van der Waals surface area contributed by atoms with Crippen LogP contribution in [0.2, 0.25) is 0 Å². The van der Waals surface area contributed by atoms with E-state index in [-0.39, 0.29) is 10.6 Å². The van der Waals surface area contributed by atoms with Gasteiger partial charge in [-0.1, -0.05) is 30.3 Å². The Labute approximate surface area is 209 Å². The van der Waals surface area contributed by atoms with Crippen molar-refractivity contribution in [1.82, 2.24) is 4.90 Å². The fourth-order valence-corrected chi connectivity index (χ4v) is 4.05. The van der Waals surface area contributed by atoms with Gasteiger partial charge in [-0.2, -0.15) is 0 Å². The summed E-state index contributed by atoms with van der Waals surface area (Å²) in [4.78, 5) is 38.1. The number of halogens is 2. The lowest BCUT2D eigenvalue weighted by atomic mass is 10.2. The Balaban J connectivity index is 1.30. The quantitative estimate of drug-likeness (QED) is 0.319. The lowest BCUT2D eigenvalue weighted by Gasteiger charge is -2.12. The minimum Gasteiger partial charge on any atom is -0.490 e. The number of ether oxygens (including phenoxy) is 2. The molecule has 0 unspecified atom stereocenters. The third kappa shape index (κ3) is 6.48. The van der Waals surface area contributed by atoms with E-state index in [9.17, 15) is 23.2 Å². The number of anilines is 1. The minimum absolute atomic E-state index is 0.144.